The lowest BCUT2D eigenvalue weighted by Gasteiger charge is -2.38. The van der Waals surface area contributed by atoms with Crippen LogP contribution < -0.4 is 10.7 Å². The first-order valence-electron chi connectivity index (χ1n) is 13.8. The zero-order valence-corrected chi connectivity index (χ0v) is 24.9. The number of ether oxygens (including phenoxy) is 3. The summed E-state index contributed by atoms with van der Waals surface area (Å²) < 4.78 is 21.7. The van der Waals surface area contributed by atoms with E-state index in [2.05, 4.69) is 46.8 Å². The van der Waals surface area contributed by atoms with Crippen LogP contribution in [0.2, 0.25) is 11.6 Å². The van der Waals surface area contributed by atoms with Gasteiger partial charge in [0.05, 0.1) is 54.0 Å². The minimum absolute atomic E-state index is 0.000678. The average molecular weight is 585 g/mol. The van der Waals surface area contributed by atoms with Crippen LogP contribution in [-0.2, 0) is 20.8 Å². The molecule has 0 aliphatic carbocycles. The van der Waals surface area contributed by atoms with Gasteiger partial charge in [0.25, 0.3) is 0 Å². The van der Waals surface area contributed by atoms with Crippen LogP contribution in [0.25, 0.3) is 22.2 Å². The summed E-state index contributed by atoms with van der Waals surface area (Å²) in [4.78, 5) is 22.4. The van der Waals surface area contributed by atoms with Crippen molar-refractivity contribution in [1.29, 1.82) is 0 Å². The Bertz CT molecular complexity index is 1460. The first-order chi connectivity index (χ1) is 19.2. The topological polar surface area (TPSA) is 111 Å². The van der Waals surface area contributed by atoms with E-state index < -0.39 is 21.4 Å². The maximum absolute atomic E-state index is 13.3. The van der Waals surface area contributed by atoms with Crippen LogP contribution in [0.5, 0.6) is 0 Å². The summed E-state index contributed by atoms with van der Waals surface area (Å²) in [6, 6.07) is 7.63. The number of halogens is 1. The number of aromatic nitrogens is 3. The summed E-state index contributed by atoms with van der Waals surface area (Å²) in [7, 11) is -0.844. The van der Waals surface area contributed by atoms with Gasteiger partial charge in [-0.25, -0.2) is 9.97 Å². The van der Waals surface area contributed by atoms with Gasteiger partial charge in [-0.1, -0.05) is 24.2 Å². The number of hydrogen-bond donors (Lipinski definition) is 2. The third-order valence-electron chi connectivity index (χ3n) is 7.98. The Hall–Kier alpha value is -2.38. The Balaban J connectivity index is 1.37. The minimum atomic E-state index is -0.844. The van der Waals surface area contributed by atoms with Gasteiger partial charge in [-0.15, -0.1) is 0 Å². The molecule has 3 aliphatic heterocycles. The molecule has 5 heterocycles. The zero-order chi connectivity index (χ0) is 28.1. The molecule has 3 fully saturated rings. The second-order valence-electron chi connectivity index (χ2n) is 11.3. The number of nitrogens with zero attached hydrogens (tertiary/aromatic N) is 4. The molecule has 12 heteroatoms. The molecule has 5 atom stereocenters. The number of nitrogens with one attached hydrogen (secondary N) is 1. The lowest BCUT2D eigenvalue weighted by Crippen LogP contribution is -2.52. The van der Waals surface area contributed by atoms with Crippen molar-refractivity contribution in [1.82, 2.24) is 19.1 Å². The Morgan fingerprint density at radius 3 is 2.88 bits per heavy atom. The molecule has 2 N–H and O–H groups in total. The van der Waals surface area contributed by atoms with E-state index in [9.17, 15) is 9.90 Å². The van der Waals surface area contributed by atoms with Gasteiger partial charge in [0.1, 0.15) is 6.10 Å². The molecule has 1 radical (unpaired) electrons. The zero-order valence-electron chi connectivity index (χ0n) is 23.1. The van der Waals surface area contributed by atoms with Gasteiger partial charge in [-0.3, -0.25) is 4.79 Å². The maximum atomic E-state index is 13.3. The summed E-state index contributed by atoms with van der Waals surface area (Å²) in [5, 5.41) is 14.9. The van der Waals surface area contributed by atoms with Gasteiger partial charge in [0, 0.05) is 41.3 Å². The van der Waals surface area contributed by atoms with Crippen molar-refractivity contribution in [2.75, 3.05) is 24.8 Å². The summed E-state index contributed by atoms with van der Waals surface area (Å²) in [6.45, 7) is 10.6. The SMILES string of the molecule is CC(C)n1c(CN2[C@@H](C)COC[Si]2C)cc(=O)c2ccc(-c3nc(N[C@@H]4C[C@H]5CO[C@H](O5)[C@H]4O)ncc3Cl)cc21. The van der Waals surface area contributed by atoms with E-state index in [1.165, 1.54) is 0 Å². The Kier molecular flexibility index (Phi) is 7.72. The smallest absolute Gasteiger partial charge is 0.223 e. The fourth-order valence-corrected chi connectivity index (χ4v) is 8.04. The fraction of sp³-hybridized carbons (Fsp3) is 0.536. The molecule has 213 valence electrons. The third kappa shape index (κ3) is 5.20. The van der Waals surface area contributed by atoms with Gasteiger partial charge in [0.2, 0.25) is 5.95 Å². The molecule has 3 saturated heterocycles. The molecule has 10 nitrogen and oxygen atoms in total. The summed E-state index contributed by atoms with van der Waals surface area (Å²) in [5.74, 6) is 0.360. The average Bonchev–Trinajstić information content (AvgIpc) is 3.33. The van der Waals surface area contributed by atoms with Crippen LogP contribution in [0.4, 0.5) is 5.95 Å². The summed E-state index contributed by atoms with van der Waals surface area (Å²) >= 11 is 6.61. The minimum Gasteiger partial charge on any atom is -0.386 e. The molecule has 2 bridgehead atoms. The van der Waals surface area contributed by atoms with Gasteiger partial charge in [-0.2, -0.15) is 0 Å². The van der Waals surface area contributed by atoms with E-state index in [-0.39, 0.29) is 23.6 Å². The van der Waals surface area contributed by atoms with Crippen molar-refractivity contribution in [3.63, 3.8) is 0 Å². The molecule has 0 amide bonds. The number of aliphatic hydroxyl groups excluding tert-OH is 1. The molecule has 40 heavy (non-hydrogen) atoms. The van der Waals surface area contributed by atoms with E-state index >= 15 is 0 Å². The van der Waals surface area contributed by atoms with Gasteiger partial charge < -0.3 is 33.8 Å². The molecule has 3 aliphatic rings. The van der Waals surface area contributed by atoms with Crippen molar-refractivity contribution >= 4 is 37.4 Å². The maximum Gasteiger partial charge on any atom is 0.223 e. The van der Waals surface area contributed by atoms with Crippen LogP contribution in [-0.4, -0.2) is 83.2 Å². The second-order valence-corrected chi connectivity index (χ2v) is 14.0. The van der Waals surface area contributed by atoms with Crippen molar-refractivity contribution in [2.24, 2.45) is 0 Å². The first-order valence-corrected chi connectivity index (χ1v) is 16.3. The van der Waals surface area contributed by atoms with E-state index in [4.69, 9.17) is 30.8 Å². The highest BCUT2D eigenvalue weighted by molar-refractivity contribution is 6.54. The van der Waals surface area contributed by atoms with Crippen LogP contribution in [0.3, 0.4) is 0 Å². The van der Waals surface area contributed by atoms with Crippen molar-refractivity contribution in [3.8, 4) is 11.3 Å². The second kappa shape index (κ2) is 11.1. The Morgan fingerprint density at radius 1 is 1.27 bits per heavy atom. The van der Waals surface area contributed by atoms with E-state index in [0.717, 1.165) is 23.0 Å². The molecule has 3 aromatic rings. The number of pyridine rings is 1. The Morgan fingerprint density at radius 2 is 2.10 bits per heavy atom. The highest BCUT2D eigenvalue weighted by Gasteiger charge is 2.43. The molecule has 6 rings (SSSR count). The van der Waals surface area contributed by atoms with E-state index in [0.29, 0.717) is 54.3 Å². The molecular formula is C28H35ClN5O5Si. The molecular weight excluding hydrogens is 550 g/mol. The molecule has 0 saturated carbocycles. The van der Waals surface area contributed by atoms with Gasteiger partial charge in [-0.05, 0) is 39.3 Å². The first kappa shape index (κ1) is 27.8. The quantitative estimate of drug-likeness (QED) is 0.421. The predicted octanol–water partition coefficient (Wildman–Crippen LogP) is 3.36. The van der Waals surface area contributed by atoms with Crippen LogP contribution >= 0.6 is 11.6 Å². The van der Waals surface area contributed by atoms with Crippen LogP contribution in [0.15, 0.2) is 35.3 Å². The highest BCUT2D eigenvalue weighted by Crippen LogP contribution is 2.32. The third-order valence-corrected chi connectivity index (χ3v) is 10.5. The molecule has 1 aromatic carbocycles. The number of fused-ring (bicyclic) bond motifs is 3. The standard InChI is InChI=1S/C28H35ClN5O5Si/c1-15(2)34-18(11-33-16(3)12-37-14-40(33)4)8-24(35)20-6-5-17(7-23(20)34)25-21(29)10-30-28(32-25)31-22-9-19-13-38-27(39-19)26(22)36/h5-8,10,15-16,19,22,26-27,36H,9,11-14H2,1-4H3,(H,30,31,32)/t16-,19-,22+,26-,27+/m0/s1. The molecule has 2 aromatic heterocycles. The van der Waals surface area contributed by atoms with Crippen molar-refractivity contribution in [3.05, 3.63) is 51.4 Å². The predicted molar refractivity (Wildman–Crippen MR) is 155 cm³/mol. The largest absolute Gasteiger partial charge is 0.386 e. The monoisotopic (exact) mass is 584 g/mol. The van der Waals surface area contributed by atoms with Gasteiger partial charge >= 0.3 is 0 Å². The number of aliphatic hydroxyl groups is 1. The number of hydrogen-bond acceptors (Lipinski definition) is 9. The highest BCUT2D eigenvalue weighted by atomic mass is 35.5. The molecule has 0 spiro atoms. The Labute approximate surface area is 239 Å². The fourth-order valence-electron chi connectivity index (χ4n) is 6.00. The van der Waals surface area contributed by atoms with Gasteiger partial charge in [0.15, 0.2) is 20.7 Å². The number of benzene rings is 1. The van der Waals surface area contributed by atoms with E-state index in [1.54, 1.807) is 12.3 Å². The van der Waals surface area contributed by atoms with E-state index in [1.807, 2.05) is 18.2 Å². The van der Waals surface area contributed by atoms with Crippen molar-refractivity contribution < 1.29 is 19.3 Å². The van der Waals surface area contributed by atoms with Crippen LogP contribution in [0, 0.1) is 0 Å². The normalized spacial score (nSPS) is 27.5. The lowest BCUT2D eigenvalue weighted by molar-refractivity contribution is -0.156. The summed E-state index contributed by atoms with van der Waals surface area (Å²) in [6.07, 6.45) is 1.38. The number of anilines is 1. The van der Waals surface area contributed by atoms with Crippen LogP contribution in [0.1, 0.15) is 38.9 Å². The van der Waals surface area contributed by atoms with Crippen molar-refractivity contribution in [2.45, 2.75) is 76.9 Å². The number of rotatable bonds is 6. The summed E-state index contributed by atoms with van der Waals surface area (Å²) in [5.41, 5.74) is 3.17. The lowest BCUT2D eigenvalue weighted by atomic mass is 10.0. The molecule has 0 unspecified atom stereocenters.